The van der Waals surface area contributed by atoms with Crippen LogP contribution in [0.15, 0.2) is 61.2 Å². The molecule has 2 aromatic rings. The molecule has 176 valence electrons. The van der Waals surface area contributed by atoms with Crippen molar-refractivity contribution in [3.8, 4) is 0 Å². The van der Waals surface area contributed by atoms with Crippen LogP contribution in [0.4, 0.5) is 5.69 Å². The average Bonchev–Trinajstić information content (AvgIpc) is 2.78. The molecule has 2 aromatic carbocycles. The highest BCUT2D eigenvalue weighted by atomic mass is 28.4. The van der Waals surface area contributed by atoms with Gasteiger partial charge in [0.1, 0.15) is 31.4 Å². The molecule has 0 amide bonds. The van der Waals surface area contributed by atoms with Crippen LogP contribution in [0.5, 0.6) is 0 Å². The molecule has 3 heterocycles. The molecule has 0 spiro atoms. The van der Waals surface area contributed by atoms with Crippen molar-refractivity contribution in [1.82, 2.24) is 4.48 Å². The summed E-state index contributed by atoms with van der Waals surface area (Å²) in [4.78, 5) is 11.4. The van der Waals surface area contributed by atoms with Crippen molar-refractivity contribution in [3.05, 3.63) is 77.9 Å². The zero-order valence-electron chi connectivity index (χ0n) is 19.6. The van der Waals surface area contributed by atoms with Gasteiger partial charge >= 0.3 is 14.8 Å². The molecular weight excluding hydrogens is 434 g/mol. The Balaban J connectivity index is 1.62. The first-order chi connectivity index (χ1) is 15.9. The Bertz CT molecular complexity index is 950. The molecule has 0 radical (unpaired) electrons. The molecule has 5 rings (SSSR count). The Morgan fingerprint density at radius 2 is 1.67 bits per heavy atom. The summed E-state index contributed by atoms with van der Waals surface area (Å²) < 4.78 is 25.6. The Kier molecular flexibility index (Phi) is 7.46. The fourth-order valence-electron chi connectivity index (χ4n) is 4.63. The summed E-state index contributed by atoms with van der Waals surface area (Å²) in [7, 11) is -2.94. The van der Waals surface area contributed by atoms with Gasteiger partial charge in [-0.2, -0.15) is 0 Å². The van der Waals surface area contributed by atoms with Crippen molar-refractivity contribution in [2.75, 3.05) is 39.5 Å². The van der Waals surface area contributed by atoms with Crippen LogP contribution in [-0.4, -0.2) is 54.2 Å². The van der Waals surface area contributed by atoms with E-state index in [9.17, 15) is 4.79 Å². The smallest absolute Gasteiger partial charge is 0.463 e. The van der Waals surface area contributed by atoms with Gasteiger partial charge in [0.2, 0.25) is 0 Å². The SMILES string of the molecule is C=CC(=O)OCCC[Si]12OCC[N+](c3ccc(C)cc3)(CCO1)CC(c1ccc(C)cc1)O2. The van der Waals surface area contributed by atoms with Crippen molar-refractivity contribution in [3.63, 3.8) is 0 Å². The van der Waals surface area contributed by atoms with Gasteiger partial charge in [-0.05, 0) is 38.0 Å². The second-order valence-electron chi connectivity index (χ2n) is 8.98. The molecule has 3 aliphatic heterocycles. The molecular formula is C26H34NO5Si+. The van der Waals surface area contributed by atoms with E-state index in [0.717, 1.165) is 29.7 Å². The molecule has 3 aliphatic rings. The summed E-state index contributed by atoms with van der Waals surface area (Å²) in [5.41, 5.74) is 4.87. The highest BCUT2D eigenvalue weighted by molar-refractivity contribution is 6.60. The van der Waals surface area contributed by atoms with E-state index in [1.165, 1.54) is 22.9 Å². The second-order valence-corrected chi connectivity index (χ2v) is 11.7. The maximum atomic E-state index is 11.4. The molecule has 1 atom stereocenters. The Morgan fingerprint density at radius 3 is 2.27 bits per heavy atom. The first-order valence-electron chi connectivity index (χ1n) is 11.7. The van der Waals surface area contributed by atoms with Crippen LogP contribution < -0.4 is 4.48 Å². The summed E-state index contributed by atoms with van der Waals surface area (Å²) in [5.74, 6) is -0.412. The number of aryl methyl sites for hydroxylation is 2. The van der Waals surface area contributed by atoms with Gasteiger partial charge < -0.3 is 18.0 Å². The lowest BCUT2D eigenvalue weighted by Gasteiger charge is -2.48. The summed E-state index contributed by atoms with van der Waals surface area (Å²) >= 11 is 0. The molecule has 2 bridgehead atoms. The third-order valence-corrected chi connectivity index (χ3v) is 9.49. The summed E-state index contributed by atoms with van der Waals surface area (Å²) in [6, 6.07) is 18.0. The number of hydrogen-bond acceptors (Lipinski definition) is 5. The number of rotatable bonds is 7. The summed E-state index contributed by atoms with van der Waals surface area (Å²) in [5, 5.41) is 0. The Labute approximate surface area is 197 Å². The number of benzene rings is 2. The largest absolute Gasteiger partial charge is 0.502 e. The molecule has 6 nitrogen and oxygen atoms in total. The zero-order chi connectivity index (χ0) is 23.3. The number of esters is 1. The first-order valence-corrected chi connectivity index (χ1v) is 13.6. The average molecular weight is 469 g/mol. The Hall–Kier alpha value is -2.29. The molecule has 1 unspecified atom stereocenters. The maximum absolute atomic E-state index is 11.4. The molecule has 0 saturated carbocycles. The maximum Gasteiger partial charge on any atom is 0.502 e. The zero-order valence-corrected chi connectivity index (χ0v) is 20.6. The minimum atomic E-state index is -2.94. The third kappa shape index (κ3) is 5.62. The van der Waals surface area contributed by atoms with Gasteiger partial charge in [-0.3, -0.25) is 4.48 Å². The van der Waals surface area contributed by atoms with E-state index >= 15 is 0 Å². The predicted octanol–water partition coefficient (Wildman–Crippen LogP) is 4.49. The van der Waals surface area contributed by atoms with Gasteiger partial charge in [-0.15, -0.1) is 0 Å². The van der Waals surface area contributed by atoms with E-state index in [4.69, 9.17) is 18.0 Å². The van der Waals surface area contributed by atoms with Crippen molar-refractivity contribution in [1.29, 1.82) is 0 Å². The molecule has 0 aliphatic carbocycles. The molecule has 3 fully saturated rings. The van der Waals surface area contributed by atoms with Crippen molar-refractivity contribution >= 4 is 20.5 Å². The van der Waals surface area contributed by atoms with Gasteiger partial charge in [0.25, 0.3) is 0 Å². The number of nitrogens with zero attached hydrogens (tertiary/aromatic N) is 1. The van der Waals surface area contributed by atoms with Crippen LogP contribution in [0.25, 0.3) is 0 Å². The number of quaternary nitrogens is 1. The number of carbonyl (C=O) groups excluding carboxylic acids is 1. The third-order valence-electron chi connectivity index (χ3n) is 6.59. The quantitative estimate of drug-likeness (QED) is 0.197. The van der Waals surface area contributed by atoms with Crippen molar-refractivity contribution in [2.45, 2.75) is 32.4 Å². The van der Waals surface area contributed by atoms with E-state index in [0.29, 0.717) is 32.3 Å². The number of hydrogen-bond donors (Lipinski definition) is 0. The van der Waals surface area contributed by atoms with Crippen LogP contribution in [0, 0.1) is 13.8 Å². The molecule has 0 aromatic heterocycles. The van der Waals surface area contributed by atoms with E-state index in [1.807, 2.05) is 0 Å². The topological polar surface area (TPSA) is 54.0 Å². The van der Waals surface area contributed by atoms with Crippen LogP contribution in [-0.2, 0) is 22.8 Å². The number of fused-ring (bicyclic) bond motifs is 6. The van der Waals surface area contributed by atoms with Crippen LogP contribution in [0.2, 0.25) is 6.04 Å². The minimum absolute atomic E-state index is 0.144. The van der Waals surface area contributed by atoms with Gasteiger partial charge in [0, 0.05) is 12.1 Å². The highest BCUT2D eigenvalue weighted by Gasteiger charge is 2.51. The lowest BCUT2D eigenvalue weighted by atomic mass is 10.0. The molecule has 7 heteroatoms. The lowest BCUT2D eigenvalue weighted by molar-refractivity contribution is -0.137. The second kappa shape index (κ2) is 10.3. The Morgan fingerprint density at radius 1 is 1.06 bits per heavy atom. The highest BCUT2D eigenvalue weighted by Crippen LogP contribution is 2.37. The van der Waals surface area contributed by atoms with Gasteiger partial charge in [-0.1, -0.05) is 54.1 Å². The van der Waals surface area contributed by atoms with E-state index in [2.05, 4.69) is 69.0 Å². The van der Waals surface area contributed by atoms with Gasteiger partial charge in [0.15, 0.2) is 0 Å². The van der Waals surface area contributed by atoms with Crippen molar-refractivity contribution in [2.24, 2.45) is 0 Å². The van der Waals surface area contributed by atoms with Crippen LogP contribution in [0.3, 0.4) is 0 Å². The number of carbonyl (C=O) groups is 1. The van der Waals surface area contributed by atoms with E-state index in [-0.39, 0.29) is 6.10 Å². The normalized spacial score (nSPS) is 27.3. The summed E-state index contributed by atoms with van der Waals surface area (Å²) in [6.07, 6.45) is 1.67. The van der Waals surface area contributed by atoms with Crippen LogP contribution in [0.1, 0.15) is 29.2 Å². The predicted molar refractivity (Wildman–Crippen MR) is 131 cm³/mol. The number of ether oxygens (including phenoxy) is 1. The molecule has 0 N–H and O–H groups in total. The monoisotopic (exact) mass is 468 g/mol. The van der Waals surface area contributed by atoms with Gasteiger partial charge in [-0.25, -0.2) is 4.79 Å². The summed E-state index contributed by atoms with van der Waals surface area (Å²) in [6.45, 7) is 11.7. The van der Waals surface area contributed by atoms with Crippen LogP contribution >= 0.6 is 0 Å². The first kappa shape index (κ1) is 23.9. The van der Waals surface area contributed by atoms with Gasteiger partial charge in [0.05, 0.1) is 19.8 Å². The fraction of sp³-hybridized carbons (Fsp3) is 0.423. The van der Waals surface area contributed by atoms with Crippen molar-refractivity contribution < 1.29 is 22.8 Å². The van der Waals surface area contributed by atoms with E-state index in [1.54, 1.807) is 0 Å². The molecule has 33 heavy (non-hydrogen) atoms. The standard InChI is InChI=1S/C26H34NO5Si/c1-4-26(28)29-16-5-19-33-30-17-14-27(15-18-31-33,24-12-8-22(3)9-13-24)20-25(32-33)23-10-6-21(2)7-11-23/h4,6-13,25H,1,5,14-20H2,2-3H3/q+1. The molecule has 3 saturated heterocycles. The minimum Gasteiger partial charge on any atom is -0.463 e. The lowest BCUT2D eigenvalue weighted by Crippen LogP contribution is -2.64. The fourth-order valence-corrected chi connectivity index (χ4v) is 7.28. The van der Waals surface area contributed by atoms with E-state index < -0.39 is 14.8 Å².